The number of carbonyl (C=O) groups is 1. The lowest BCUT2D eigenvalue weighted by Crippen LogP contribution is -2.65. The highest BCUT2D eigenvalue weighted by atomic mass is 35.5. The van der Waals surface area contributed by atoms with E-state index in [0.717, 1.165) is 24.2 Å². The van der Waals surface area contributed by atoms with Crippen LogP contribution in [0.4, 0.5) is 0 Å². The van der Waals surface area contributed by atoms with E-state index in [2.05, 4.69) is 68.8 Å². The van der Waals surface area contributed by atoms with Gasteiger partial charge in [-0.25, -0.2) is 4.98 Å². The molecule has 4 fully saturated rings. The molecular weight excluding hydrogens is 614 g/mol. The minimum Gasteiger partial charge on any atom is -0.489 e. The Kier molecular flexibility index (Phi) is 9.83. The highest BCUT2D eigenvalue weighted by Crippen LogP contribution is 2.60. The van der Waals surface area contributed by atoms with Gasteiger partial charge >= 0.3 is 0 Å². The number of pyridine rings is 1. The summed E-state index contributed by atoms with van der Waals surface area (Å²) in [5.74, 6) is 14.6. The van der Waals surface area contributed by atoms with Crippen LogP contribution in [0.5, 0.6) is 5.75 Å². The van der Waals surface area contributed by atoms with Crippen LogP contribution in [0.3, 0.4) is 0 Å². The molecule has 1 aromatic carbocycles. The van der Waals surface area contributed by atoms with Crippen molar-refractivity contribution in [2.45, 2.75) is 98.5 Å². The molecule has 48 heavy (non-hydrogen) atoms. The number of allylic oxidation sites excluding steroid dienone is 2. The molecule has 250 valence electrons. The number of ether oxygens (including phenoxy) is 1. The van der Waals surface area contributed by atoms with Gasteiger partial charge in [-0.3, -0.25) is 4.79 Å². The molecule has 4 aliphatic rings. The maximum Gasteiger partial charge on any atom is 0.237 e. The van der Waals surface area contributed by atoms with Gasteiger partial charge in [-0.2, -0.15) is 5.26 Å². The Morgan fingerprint density at radius 3 is 2.52 bits per heavy atom. The molecule has 1 unspecified atom stereocenters. The lowest BCUT2D eigenvalue weighted by atomic mass is 9.46. The Morgan fingerprint density at radius 2 is 1.85 bits per heavy atom. The van der Waals surface area contributed by atoms with Crippen LogP contribution >= 0.6 is 11.6 Å². The molecule has 1 atom stereocenters. The third-order valence-electron chi connectivity index (χ3n) is 11.6. The molecule has 1 N–H and O–H groups in total. The number of ketones is 1. The van der Waals surface area contributed by atoms with E-state index in [9.17, 15) is 10.1 Å². The van der Waals surface area contributed by atoms with E-state index < -0.39 is 0 Å². The highest BCUT2D eigenvalue weighted by Gasteiger charge is 2.63. The van der Waals surface area contributed by atoms with Gasteiger partial charge in [0.25, 0.3) is 0 Å². The maximum atomic E-state index is 13.4. The fraction of sp³-hybridized carbons (Fsp3) is 0.548. The number of Topliss-reactive ketones (excluding diaryl/α,β-unsaturated/α-hetero) is 1. The third-order valence-corrected chi connectivity index (χ3v) is 11.9. The predicted octanol–water partition coefficient (Wildman–Crippen LogP) is 8.73. The van der Waals surface area contributed by atoms with Crippen molar-refractivity contribution >= 4 is 17.4 Å². The van der Waals surface area contributed by atoms with E-state index in [-0.39, 0.29) is 28.6 Å². The number of nitrogens with one attached hydrogen (secondary N) is 1. The van der Waals surface area contributed by atoms with Crippen molar-refractivity contribution in [1.29, 1.82) is 5.26 Å². The average molecular weight is 662 g/mol. The lowest BCUT2D eigenvalue weighted by molar-refractivity contribution is -0.172. The minimum absolute atomic E-state index is 0.0540. The number of halogens is 1. The summed E-state index contributed by atoms with van der Waals surface area (Å²) in [6, 6.07) is 10.9. The van der Waals surface area contributed by atoms with E-state index in [0.29, 0.717) is 45.6 Å². The molecule has 1 saturated heterocycles. The number of aryl methyl sites for hydroxylation is 1. The number of nitrogens with zero attached hydrogens (tertiary/aromatic N) is 2. The van der Waals surface area contributed by atoms with Crippen LogP contribution in [0.2, 0.25) is 5.02 Å². The largest absolute Gasteiger partial charge is 0.489 e. The van der Waals surface area contributed by atoms with E-state index in [1.54, 1.807) is 23.8 Å². The maximum absolute atomic E-state index is 13.4. The first kappa shape index (κ1) is 34.3. The Bertz CT molecular complexity index is 1750. The van der Waals surface area contributed by atoms with Crippen molar-refractivity contribution in [1.82, 2.24) is 10.3 Å². The first-order valence-electron chi connectivity index (χ1n) is 17.8. The zero-order chi connectivity index (χ0) is 34.1. The van der Waals surface area contributed by atoms with Crippen molar-refractivity contribution in [3.8, 4) is 35.5 Å². The molecule has 1 spiro atoms. The number of benzene rings is 1. The summed E-state index contributed by atoms with van der Waals surface area (Å²) in [6.07, 6.45) is 13.1. The second-order valence-electron chi connectivity index (χ2n) is 15.8. The van der Waals surface area contributed by atoms with E-state index in [1.165, 1.54) is 51.6 Å². The van der Waals surface area contributed by atoms with Crippen LogP contribution in [-0.2, 0) is 6.42 Å². The number of carbonyl (C=O) groups excluding carboxylic acids is 1. The van der Waals surface area contributed by atoms with E-state index in [1.807, 2.05) is 19.1 Å². The number of aromatic nitrogens is 1. The van der Waals surface area contributed by atoms with Gasteiger partial charge in [0.1, 0.15) is 23.6 Å². The monoisotopic (exact) mass is 661 g/mol. The first-order valence-corrected chi connectivity index (χ1v) is 18.2. The summed E-state index contributed by atoms with van der Waals surface area (Å²) >= 11 is 6.24. The van der Waals surface area contributed by atoms with E-state index in [4.69, 9.17) is 21.3 Å². The van der Waals surface area contributed by atoms with Gasteiger partial charge in [0.15, 0.2) is 0 Å². The number of hydrogen-bond donors (Lipinski definition) is 1. The van der Waals surface area contributed by atoms with Gasteiger partial charge in [-0.1, -0.05) is 69.7 Å². The molecule has 0 radical (unpaired) electrons. The lowest BCUT2D eigenvalue weighted by Gasteiger charge is -2.61. The highest BCUT2D eigenvalue weighted by molar-refractivity contribution is 6.31. The number of nitriles is 1. The van der Waals surface area contributed by atoms with Crippen LogP contribution in [-0.4, -0.2) is 30.0 Å². The molecule has 2 heterocycles. The van der Waals surface area contributed by atoms with Gasteiger partial charge in [0, 0.05) is 35.3 Å². The molecule has 3 aliphatic carbocycles. The molecule has 1 aliphatic heterocycles. The predicted molar refractivity (Wildman–Crippen MR) is 192 cm³/mol. The summed E-state index contributed by atoms with van der Waals surface area (Å²) in [4.78, 5) is 18.2. The summed E-state index contributed by atoms with van der Waals surface area (Å²) < 4.78 is 6.37. The summed E-state index contributed by atoms with van der Waals surface area (Å²) in [5.41, 5.74) is 4.10. The smallest absolute Gasteiger partial charge is 0.237 e. The molecule has 0 bridgehead atoms. The number of rotatable bonds is 5. The van der Waals surface area contributed by atoms with Gasteiger partial charge in [-0.15, -0.1) is 0 Å². The van der Waals surface area contributed by atoms with Crippen molar-refractivity contribution in [2.75, 3.05) is 13.1 Å². The SMILES string of the molecule is CCc1nc(C#CC2CCC(/C=C3\CCC4(CCNC4)C3)CC2)ccc1C(=O)C#C[C@H]1C(C)(C)[C@H](Oc2ccc(C#N)c(Cl)c2)C1(C)C. The Labute approximate surface area is 292 Å². The van der Waals surface area contributed by atoms with Crippen molar-refractivity contribution in [2.24, 2.45) is 34.0 Å². The second-order valence-corrected chi connectivity index (χ2v) is 16.2. The van der Waals surface area contributed by atoms with Crippen LogP contribution in [0.25, 0.3) is 0 Å². The Morgan fingerprint density at radius 1 is 1.08 bits per heavy atom. The molecule has 1 aromatic heterocycles. The fourth-order valence-electron chi connectivity index (χ4n) is 9.17. The zero-order valence-electron chi connectivity index (χ0n) is 29.1. The fourth-order valence-corrected chi connectivity index (χ4v) is 9.39. The Balaban J connectivity index is 1.06. The van der Waals surface area contributed by atoms with Gasteiger partial charge in [-0.05, 0) is 112 Å². The average Bonchev–Trinajstić information content (AvgIpc) is 3.70. The van der Waals surface area contributed by atoms with Crippen LogP contribution in [0, 0.1) is 69.0 Å². The van der Waals surface area contributed by atoms with Gasteiger partial charge in [0.2, 0.25) is 5.78 Å². The molecule has 6 heteroatoms. The van der Waals surface area contributed by atoms with Crippen LogP contribution in [0.15, 0.2) is 42.0 Å². The normalized spacial score (nSPS) is 29.2. The second kappa shape index (κ2) is 13.7. The van der Waals surface area contributed by atoms with Crippen LogP contribution in [0.1, 0.15) is 113 Å². The molecule has 5 nitrogen and oxygen atoms in total. The zero-order valence-corrected chi connectivity index (χ0v) is 29.9. The van der Waals surface area contributed by atoms with Crippen LogP contribution < -0.4 is 10.1 Å². The quantitative estimate of drug-likeness (QED) is 0.150. The standard InChI is InChI=1S/C42H48ClN3O2/c1-6-36-34(37(47)17-18-38-40(2,3)39(41(38,4)5)48-33-15-12-31(26-44)35(43)24-33)16-14-32(46-36)13-11-28-7-9-29(10-8-28)23-30-19-20-42(25-30)21-22-45-27-42/h12,14-16,23-24,28-29,38-39,45H,6-10,19-22,25,27H2,1-5H3/b30-23+/t28?,29?,38-,39-,42?. The molecule has 6 rings (SSSR count). The first-order chi connectivity index (χ1) is 22.9. The van der Waals surface area contributed by atoms with Crippen molar-refractivity contribution in [3.05, 3.63) is 69.5 Å². The minimum atomic E-state index is -0.301. The van der Waals surface area contributed by atoms with E-state index >= 15 is 0 Å². The van der Waals surface area contributed by atoms with Crippen molar-refractivity contribution < 1.29 is 9.53 Å². The molecule has 0 amide bonds. The molecule has 3 saturated carbocycles. The summed E-state index contributed by atoms with van der Waals surface area (Å²) in [7, 11) is 0. The molecule has 2 aromatic rings. The summed E-state index contributed by atoms with van der Waals surface area (Å²) in [6.45, 7) is 12.9. The van der Waals surface area contributed by atoms with Crippen molar-refractivity contribution in [3.63, 3.8) is 0 Å². The molecular formula is C42H48ClN3O2. The topological polar surface area (TPSA) is 75.0 Å². The third kappa shape index (κ3) is 6.95. The van der Waals surface area contributed by atoms with Gasteiger partial charge < -0.3 is 10.1 Å². The number of hydrogen-bond acceptors (Lipinski definition) is 5. The van der Waals surface area contributed by atoms with Gasteiger partial charge in [0.05, 0.1) is 21.8 Å². The summed E-state index contributed by atoms with van der Waals surface area (Å²) in [5, 5.41) is 13.1. The Hall–Kier alpha value is -3.56.